The predicted molar refractivity (Wildman–Crippen MR) is 117 cm³/mol. The quantitative estimate of drug-likeness (QED) is 0.208. The molecule has 4 rings (SSSR count). The highest BCUT2D eigenvalue weighted by Gasteiger charge is 2.11. The van der Waals surface area contributed by atoms with Crippen molar-refractivity contribution in [3.05, 3.63) is 60.2 Å². The SMILES string of the molecule is CSCCCOC(=O)CCCc1ccc2ccc3cccc4ccc1c2c34. The highest BCUT2D eigenvalue weighted by molar-refractivity contribution is 7.98. The van der Waals surface area contributed by atoms with Crippen molar-refractivity contribution in [1.29, 1.82) is 0 Å². The molecule has 0 saturated heterocycles. The summed E-state index contributed by atoms with van der Waals surface area (Å²) in [5, 5.41) is 7.87. The van der Waals surface area contributed by atoms with Crippen molar-refractivity contribution in [2.24, 2.45) is 0 Å². The Kier molecular flexibility index (Phi) is 5.49. The van der Waals surface area contributed by atoms with E-state index >= 15 is 0 Å². The van der Waals surface area contributed by atoms with Crippen LogP contribution in [-0.2, 0) is 16.0 Å². The molecule has 0 N–H and O–H groups in total. The van der Waals surface area contributed by atoms with Crippen LogP contribution in [0.2, 0.25) is 0 Å². The minimum Gasteiger partial charge on any atom is -0.466 e. The molecule has 0 aliphatic carbocycles. The smallest absolute Gasteiger partial charge is 0.305 e. The van der Waals surface area contributed by atoms with Crippen LogP contribution in [0, 0.1) is 0 Å². The highest BCUT2D eigenvalue weighted by Crippen LogP contribution is 2.36. The third-order valence-corrected chi connectivity index (χ3v) is 5.90. The first kappa shape index (κ1) is 18.1. The van der Waals surface area contributed by atoms with Gasteiger partial charge in [-0.05, 0) is 69.2 Å². The Bertz CT molecular complexity index is 1050. The first-order valence-electron chi connectivity index (χ1n) is 9.58. The maximum absolute atomic E-state index is 11.9. The van der Waals surface area contributed by atoms with Crippen molar-refractivity contribution in [3.8, 4) is 0 Å². The molecule has 0 saturated carbocycles. The molecule has 0 aliphatic heterocycles. The molecule has 0 radical (unpaired) electrons. The minimum atomic E-state index is -0.0752. The van der Waals surface area contributed by atoms with E-state index in [4.69, 9.17) is 4.74 Å². The van der Waals surface area contributed by atoms with E-state index in [9.17, 15) is 4.79 Å². The third-order valence-electron chi connectivity index (χ3n) is 5.20. The second-order valence-electron chi connectivity index (χ2n) is 7.00. The topological polar surface area (TPSA) is 26.3 Å². The molecule has 0 spiro atoms. The second-order valence-corrected chi connectivity index (χ2v) is 7.99. The molecule has 4 aromatic rings. The summed E-state index contributed by atoms with van der Waals surface area (Å²) in [6.45, 7) is 0.540. The Balaban J connectivity index is 1.52. The maximum Gasteiger partial charge on any atom is 0.305 e. The molecule has 0 atom stereocenters. The van der Waals surface area contributed by atoms with Gasteiger partial charge in [-0.15, -0.1) is 0 Å². The van der Waals surface area contributed by atoms with E-state index in [1.54, 1.807) is 11.8 Å². The molecule has 3 heteroatoms. The fraction of sp³-hybridized carbons (Fsp3) is 0.292. The lowest BCUT2D eigenvalue weighted by Crippen LogP contribution is -2.06. The van der Waals surface area contributed by atoms with Crippen LogP contribution in [-0.4, -0.2) is 24.6 Å². The first-order valence-corrected chi connectivity index (χ1v) is 11.0. The molecule has 4 aromatic carbocycles. The van der Waals surface area contributed by atoms with Gasteiger partial charge in [0.2, 0.25) is 0 Å². The van der Waals surface area contributed by atoms with Gasteiger partial charge >= 0.3 is 5.97 Å². The summed E-state index contributed by atoms with van der Waals surface area (Å²) in [6.07, 6.45) is 5.21. The number of ether oxygens (including phenoxy) is 1. The summed E-state index contributed by atoms with van der Waals surface area (Å²) in [5.41, 5.74) is 1.32. The Morgan fingerprint density at radius 1 is 0.889 bits per heavy atom. The molecule has 0 fully saturated rings. The summed E-state index contributed by atoms with van der Waals surface area (Å²) in [6, 6.07) is 19.8. The van der Waals surface area contributed by atoms with Gasteiger partial charge in [0.25, 0.3) is 0 Å². The lowest BCUT2D eigenvalue weighted by Gasteiger charge is -2.13. The molecule has 0 unspecified atom stereocenters. The van der Waals surface area contributed by atoms with E-state index < -0.39 is 0 Å². The Morgan fingerprint density at radius 3 is 2.37 bits per heavy atom. The van der Waals surface area contributed by atoms with E-state index in [0.29, 0.717) is 13.0 Å². The zero-order chi connectivity index (χ0) is 18.6. The van der Waals surface area contributed by atoms with Crippen molar-refractivity contribution >= 4 is 50.0 Å². The van der Waals surface area contributed by atoms with Gasteiger partial charge in [-0.1, -0.05) is 54.6 Å². The number of hydrogen-bond donors (Lipinski definition) is 0. The molecule has 0 heterocycles. The van der Waals surface area contributed by atoms with E-state index in [2.05, 4.69) is 60.9 Å². The maximum atomic E-state index is 11.9. The van der Waals surface area contributed by atoms with Crippen molar-refractivity contribution < 1.29 is 9.53 Å². The minimum absolute atomic E-state index is 0.0752. The average Bonchev–Trinajstić information content (AvgIpc) is 2.70. The van der Waals surface area contributed by atoms with Crippen LogP contribution in [0.5, 0.6) is 0 Å². The third kappa shape index (κ3) is 3.74. The van der Waals surface area contributed by atoms with Crippen LogP contribution in [0.25, 0.3) is 32.3 Å². The number of thioether (sulfide) groups is 1. The fourth-order valence-corrected chi connectivity index (χ4v) is 4.30. The van der Waals surface area contributed by atoms with Crippen molar-refractivity contribution in [3.63, 3.8) is 0 Å². The molecule has 0 aliphatic rings. The van der Waals surface area contributed by atoms with Crippen molar-refractivity contribution in [2.45, 2.75) is 25.7 Å². The summed E-state index contributed by atoms with van der Waals surface area (Å²) < 4.78 is 5.31. The predicted octanol–water partition coefficient (Wildman–Crippen LogP) is 6.20. The second kappa shape index (κ2) is 8.18. The molecule has 27 heavy (non-hydrogen) atoms. The monoisotopic (exact) mass is 376 g/mol. The van der Waals surface area contributed by atoms with Crippen LogP contribution in [0.4, 0.5) is 0 Å². The van der Waals surface area contributed by atoms with Gasteiger partial charge in [-0.25, -0.2) is 0 Å². The standard InChI is InChI=1S/C24H24O2S/c1-27-16-4-15-26-22(25)8-3-5-17-9-10-20-12-11-18-6-2-7-19-13-14-21(17)24(20)23(18)19/h2,6-7,9-14H,3-5,8,15-16H2,1H3. The number of carbonyl (C=O) groups is 1. The normalized spacial score (nSPS) is 11.6. The summed E-state index contributed by atoms with van der Waals surface area (Å²) >= 11 is 1.78. The Morgan fingerprint density at radius 2 is 1.59 bits per heavy atom. The van der Waals surface area contributed by atoms with Crippen LogP contribution >= 0.6 is 11.8 Å². The zero-order valence-electron chi connectivity index (χ0n) is 15.7. The molecule has 0 amide bonds. The highest BCUT2D eigenvalue weighted by atomic mass is 32.2. The van der Waals surface area contributed by atoms with Gasteiger partial charge in [0.1, 0.15) is 0 Å². The van der Waals surface area contributed by atoms with Gasteiger partial charge in [-0.2, -0.15) is 11.8 Å². The van der Waals surface area contributed by atoms with Crippen LogP contribution in [0.15, 0.2) is 54.6 Å². The van der Waals surface area contributed by atoms with E-state index in [-0.39, 0.29) is 5.97 Å². The first-order chi connectivity index (χ1) is 13.3. The van der Waals surface area contributed by atoms with E-state index in [1.165, 1.54) is 37.9 Å². The van der Waals surface area contributed by atoms with Crippen LogP contribution in [0.1, 0.15) is 24.8 Å². The zero-order valence-corrected chi connectivity index (χ0v) is 16.5. The van der Waals surface area contributed by atoms with Crippen molar-refractivity contribution in [2.75, 3.05) is 18.6 Å². The molecule has 138 valence electrons. The van der Waals surface area contributed by atoms with E-state index in [1.807, 2.05) is 0 Å². The Labute approximate surface area is 164 Å². The fourth-order valence-electron chi connectivity index (χ4n) is 3.90. The molecule has 2 nitrogen and oxygen atoms in total. The number of aryl methyl sites for hydroxylation is 1. The number of rotatable bonds is 8. The number of carbonyl (C=O) groups excluding carboxylic acids is 1. The van der Waals surface area contributed by atoms with Gasteiger partial charge in [0.05, 0.1) is 6.61 Å². The Hall–Kier alpha value is -2.26. The number of benzene rings is 4. The summed E-state index contributed by atoms with van der Waals surface area (Å²) in [4.78, 5) is 11.9. The van der Waals surface area contributed by atoms with Crippen LogP contribution in [0.3, 0.4) is 0 Å². The van der Waals surface area contributed by atoms with Gasteiger partial charge < -0.3 is 4.74 Å². The summed E-state index contributed by atoms with van der Waals surface area (Å²) in [7, 11) is 0. The number of esters is 1. The van der Waals surface area contributed by atoms with Crippen LogP contribution < -0.4 is 0 Å². The van der Waals surface area contributed by atoms with Gasteiger partial charge in [-0.3, -0.25) is 4.79 Å². The lowest BCUT2D eigenvalue weighted by atomic mass is 9.90. The van der Waals surface area contributed by atoms with E-state index in [0.717, 1.165) is 25.0 Å². The van der Waals surface area contributed by atoms with Gasteiger partial charge in [0, 0.05) is 6.42 Å². The van der Waals surface area contributed by atoms with Gasteiger partial charge in [0.15, 0.2) is 0 Å². The molecular weight excluding hydrogens is 352 g/mol. The summed E-state index contributed by atoms with van der Waals surface area (Å²) in [5.74, 6) is 0.963. The van der Waals surface area contributed by atoms with Crippen molar-refractivity contribution in [1.82, 2.24) is 0 Å². The molecule has 0 aromatic heterocycles. The number of hydrogen-bond acceptors (Lipinski definition) is 3. The molecular formula is C24H24O2S. The lowest BCUT2D eigenvalue weighted by molar-refractivity contribution is -0.143. The largest absolute Gasteiger partial charge is 0.466 e. The molecule has 0 bridgehead atoms. The average molecular weight is 377 g/mol.